The smallest absolute Gasteiger partial charge is 0.0995 e. The first kappa shape index (κ1) is 14.0. The first-order valence-corrected chi connectivity index (χ1v) is 7.16. The molecule has 0 spiro atoms. The molecule has 1 N–H and O–H groups in total. The van der Waals surface area contributed by atoms with Gasteiger partial charge in [-0.15, -0.1) is 0 Å². The Balaban J connectivity index is 1.82. The largest absolute Gasteiger partial charge is 0.310 e. The number of nitrogens with one attached hydrogen (secondary N) is 1. The van der Waals surface area contributed by atoms with Crippen LogP contribution in [0.4, 0.5) is 0 Å². The van der Waals surface area contributed by atoms with E-state index in [0.29, 0.717) is 12.1 Å². The summed E-state index contributed by atoms with van der Waals surface area (Å²) in [5.74, 6) is 0. The summed E-state index contributed by atoms with van der Waals surface area (Å²) in [5.41, 5.74) is 1.89. The van der Waals surface area contributed by atoms with E-state index in [-0.39, 0.29) is 0 Å². The maximum absolute atomic E-state index is 9.07. The standard InChI is InChI=1S/C16H23N3/c1-13(2)19-9-7-16(8-10-19)18-12-15-6-4-3-5-14(15)11-17/h3-6,13,16,18H,7-10,12H2,1-2H3. The first-order chi connectivity index (χ1) is 9.20. The highest BCUT2D eigenvalue weighted by molar-refractivity contribution is 5.37. The highest BCUT2D eigenvalue weighted by Crippen LogP contribution is 2.14. The van der Waals surface area contributed by atoms with Crippen molar-refractivity contribution in [3.8, 4) is 6.07 Å². The van der Waals surface area contributed by atoms with E-state index >= 15 is 0 Å². The normalized spacial score (nSPS) is 17.6. The first-order valence-electron chi connectivity index (χ1n) is 7.16. The molecule has 1 aliphatic rings. The van der Waals surface area contributed by atoms with Gasteiger partial charge in [0.15, 0.2) is 0 Å². The molecule has 1 heterocycles. The van der Waals surface area contributed by atoms with Gasteiger partial charge < -0.3 is 10.2 Å². The van der Waals surface area contributed by atoms with Gasteiger partial charge in [0.25, 0.3) is 0 Å². The Bertz CT molecular complexity index is 440. The lowest BCUT2D eigenvalue weighted by atomic mass is 10.0. The van der Waals surface area contributed by atoms with Crippen LogP contribution in [0.3, 0.4) is 0 Å². The molecule has 19 heavy (non-hydrogen) atoms. The SMILES string of the molecule is CC(C)N1CCC(NCc2ccccc2C#N)CC1. The van der Waals surface area contributed by atoms with Gasteiger partial charge in [0.05, 0.1) is 11.6 Å². The van der Waals surface area contributed by atoms with Crippen LogP contribution in [-0.4, -0.2) is 30.1 Å². The topological polar surface area (TPSA) is 39.1 Å². The number of benzene rings is 1. The van der Waals surface area contributed by atoms with E-state index in [1.54, 1.807) is 0 Å². The number of nitriles is 1. The van der Waals surface area contributed by atoms with E-state index in [1.165, 1.54) is 25.9 Å². The highest BCUT2D eigenvalue weighted by Gasteiger charge is 2.20. The van der Waals surface area contributed by atoms with Gasteiger partial charge in [-0.2, -0.15) is 5.26 Å². The van der Waals surface area contributed by atoms with Crippen LogP contribution >= 0.6 is 0 Å². The lowest BCUT2D eigenvalue weighted by Crippen LogP contribution is -2.44. The van der Waals surface area contributed by atoms with Gasteiger partial charge in [-0.3, -0.25) is 0 Å². The van der Waals surface area contributed by atoms with Gasteiger partial charge in [-0.25, -0.2) is 0 Å². The second-order valence-corrected chi connectivity index (χ2v) is 5.55. The molecule has 0 aromatic heterocycles. The molecule has 3 heteroatoms. The van der Waals surface area contributed by atoms with Gasteiger partial charge in [-0.1, -0.05) is 18.2 Å². The summed E-state index contributed by atoms with van der Waals surface area (Å²) in [6.45, 7) is 7.67. The maximum atomic E-state index is 9.07. The van der Waals surface area contributed by atoms with Gasteiger partial charge in [0, 0.05) is 18.6 Å². The number of likely N-dealkylation sites (tertiary alicyclic amines) is 1. The maximum Gasteiger partial charge on any atom is 0.0995 e. The third-order valence-corrected chi connectivity index (χ3v) is 3.98. The molecular formula is C16H23N3. The summed E-state index contributed by atoms with van der Waals surface area (Å²) in [5, 5.41) is 12.7. The minimum Gasteiger partial charge on any atom is -0.310 e. The molecule has 1 aromatic rings. The van der Waals surface area contributed by atoms with Crippen molar-refractivity contribution >= 4 is 0 Å². The van der Waals surface area contributed by atoms with Gasteiger partial charge in [0.2, 0.25) is 0 Å². The summed E-state index contributed by atoms with van der Waals surface area (Å²) in [6, 6.07) is 11.3. The molecule has 1 fully saturated rings. The van der Waals surface area contributed by atoms with Gasteiger partial charge in [0.1, 0.15) is 0 Å². The Morgan fingerprint density at radius 3 is 2.63 bits per heavy atom. The molecular weight excluding hydrogens is 234 g/mol. The Morgan fingerprint density at radius 2 is 2.00 bits per heavy atom. The summed E-state index contributed by atoms with van der Waals surface area (Å²) < 4.78 is 0. The minimum atomic E-state index is 0.585. The summed E-state index contributed by atoms with van der Waals surface area (Å²) >= 11 is 0. The van der Waals surface area contributed by atoms with Crippen LogP contribution < -0.4 is 5.32 Å². The van der Waals surface area contributed by atoms with Crippen LogP contribution in [0.25, 0.3) is 0 Å². The average Bonchev–Trinajstić information content (AvgIpc) is 2.45. The zero-order chi connectivity index (χ0) is 13.7. The molecule has 102 valence electrons. The summed E-state index contributed by atoms with van der Waals surface area (Å²) in [4.78, 5) is 2.53. The van der Waals surface area contributed by atoms with E-state index < -0.39 is 0 Å². The van der Waals surface area contributed by atoms with Crippen molar-refractivity contribution in [3.05, 3.63) is 35.4 Å². The highest BCUT2D eigenvalue weighted by atomic mass is 15.2. The van der Waals surface area contributed by atoms with E-state index in [0.717, 1.165) is 17.7 Å². The molecule has 0 radical (unpaired) electrons. The molecule has 0 amide bonds. The monoisotopic (exact) mass is 257 g/mol. The Labute approximate surface area is 116 Å². The third kappa shape index (κ3) is 3.79. The molecule has 1 aromatic carbocycles. The second kappa shape index (κ2) is 6.70. The predicted octanol–water partition coefficient (Wildman–Crippen LogP) is 2.52. The van der Waals surface area contributed by atoms with Crippen LogP contribution in [0.2, 0.25) is 0 Å². The Kier molecular flexibility index (Phi) is 4.95. The molecule has 0 aliphatic carbocycles. The number of nitrogens with zero attached hydrogens (tertiary/aromatic N) is 2. The van der Waals surface area contributed by atoms with Gasteiger partial charge >= 0.3 is 0 Å². The van der Waals surface area contributed by atoms with Crippen LogP contribution in [0.5, 0.6) is 0 Å². The quantitative estimate of drug-likeness (QED) is 0.901. The molecule has 3 nitrogen and oxygen atoms in total. The fourth-order valence-electron chi connectivity index (χ4n) is 2.66. The minimum absolute atomic E-state index is 0.585. The Morgan fingerprint density at radius 1 is 1.32 bits per heavy atom. The second-order valence-electron chi connectivity index (χ2n) is 5.55. The van der Waals surface area contributed by atoms with Crippen LogP contribution in [-0.2, 0) is 6.54 Å². The molecule has 2 rings (SSSR count). The summed E-state index contributed by atoms with van der Waals surface area (Å²) in [6.07, 6.45) is 2.40. The van der Waals surface area contributed by atoms with Crippen molar-refractivity contribution in [1.29, 1.82) is 5.26 Å². The average molecular weight is 257 g/mol. The predicted molar refractivity (Wildman–Crippen MR) is 77.7 cm³/mol. The molecule has 0 saturated carbocycles. The van der Waals surface area contributed by atoms with Crippen LogP contribution in [0.15, 0.2) is 24.3 Å². The molecule has 0 unspecified atom stereocenters. The Hall–Kier alpha value is -1.37. The van der Waals surface area contributed by atoms with Crippen molar-refractivity contribution in [2.45, 2.75) is 45.3 Å². The fraction of sp³-hybridized carbons (Fsp3) is 0.562. The van der Waals surface area contributed by atoms with Crippen molar-refractivity contribution in [1.82, 2.24) is 10.2 Å². The zero-order valence-electron chi connectivity index (χ0n) is 11.9. The molecule has 1 saturated heterocycles. The number of hydrogen-bond acceptors (Lipinski definition) is 3. The summed E-state index contributed by atoms with van der Waals surface area (Å²) in [7, 11) is 0. The molecule has 0 bridgehead atoms. The van der Waals surface area contributed by atoms with Gasteiger partial charge in [-0.05, 0) is 51.4 Å². The van der Waals surface area contributed by atoms with E-state index in [1.807, 2.05) is 24.3 Å². The van der Waals surface area contributed by atoms with Crippen LogP contribution in [0, 0.1) is 11.3 Å². The number of rotatable bonds is 4. The van der Waals surface area contributed by atoms with E-state index in [4.69, 9.17) is 5.26 Å². The fourth-order valence-corrected chi connectivity index (χ4v) is 2.66. The van der Waals surface area contributed by atoms with Crippen molar-refractivity contribution < 1.29 is 0 Å². The lowest BCUT2D eigenvalue weighted by Gasteiger charge is -2.35. The third-order valence-electron chi connectivity index (χ3n) is 3.98. The van der Waals surface area contributed by atoms with Crippen molar-refractivity contribution in [2.24, 2.45) is 0 Å². The van der Waals surface area contributed by atoms with E-state index in [9.17, 15) is 0 Å². The molecule has 0 atom stereocenters. The molecule has 1 aliphatic heterocycles. The van der Waals surface area contributed by atoms with E-state index in [2.05, 4.69) is 30.1 Å². The van der Waals surface area contributed by atoms with Crippen molar-refractivity contribution in [2.75, 3.05) is 13.1 Å². The van der Waals surface area contributed by atoms with Crippen molar-refractivity contribution in [3.63, 3.8) is 0 Å². The number of piperidine rings is 1. The zero-order valence-corrected chi connectivity index (χ0v) is 11.9. The van der Waals surface area contributed by atoms with Crippen LogP contribution in [0.1, 0.15) is 37.8 Å². The lowest BCUT2D eigenvalue weighted by molar-refractivity contribution is 0.161. The number of hydrogen-bond donors (Lipinski definition) is 1.